The lowest BCUT2D eigenvalue weighted by molar-refractivity contribution is -0.143. The van der Waals surface area contributed by atoms with Crippen molar-refractivity contribution in [2.75, 3.05) is 13.7 Å². The van der Waals surface area contributed by atoms with Gasteiger partial charge in [0.2, 0.25) is 10.0 Å². The van der Waals surface area contributed by atoms with E-state index in [0.29, 0.717) is 12.8 Å². The SMILES string of the molecule is COc1cc(S(=O)(=O)N2CC(C(=O)O)CCC2C)ccc1F. The molecule has 1 fully saturated rings. The largest absolute Gasteiger partial charge is 0.494 e. The van der Waals surface area contributed by atoms with E-state index in [9.17, 15) is 17.6 Å². The van der Waals surface area contributed by atoms with Gasteiger partial charge in [-0.05, 0) is 31.9 Å². The van der Waals surface area contributed by atoms with Gasteiger partial charge in [-0.25, -0.2) is 12.8 Å². The van der Waals surface area contributed by atoms with Crippen molar-refractivity contribution in [3.05, 3.63) is 24.0 Å². The quantitative estimate of drug-likeness (QED) is 0.908. The normalized spacial score (nSPS) is 23.2. The first-order valence-electron chi connectivity index (χ1n) is 6.85. The fourth-order valence-electron chi connectivity index (χ4n) is 2.55. The summed E-state index contributed by atoms with van der Waals surface area (Å²) in [4.78, 5) is 11.0. The number of benzene rings is 1. The summed E-state index contributed by atoms with van der Waals surface area (Å²) < 4.78 is 44.8. The molecule has 2 unspecified atom stereocenters. The zero-order valence-electron chi connectivity index (χ0n) is 12.3. The smallest absolute Gasteiger partial charge is 0.307 e. The number of sulfonamides is 1. The number of carboxylic acid groups (broad SMARTS) is 1. The van der Waals surface area contributed by atoms with Crippen LogP contribution < -0.4 is 4.74 Å². The Balaban J connectivity index is 2.38. The Bertz CT molecular complexity index is 676. The van der Waals surface area contributed by atoms with E-state index >= 15 is 0 Å². The molecule has 0 spiro atoms. The molecule has 2 rings (SSSR count). The van der Waals surface area contributed by atoms with E-state index in [1.807, 2.05) is 0 Å². The second kappa shape index (κ2) is 6.21. The lowest BCUT2D eigenvalue weighted by Crippen LogP contribution is -2.47. The molecule has 0 saturated carbocycles. The number of rotatable bonds is 4. The number of hydrogen-bond donors (Lipinski definition) is 1. The molecule has 1 aromatic rings. The predicted octanol–water partition coefficient (Wildman–Crippen LogP) is 1.71. The second-order valence-corrected chi connectivity index (χ2v) is 7.22. The van der Waals surface area contributed by atoms with E-state index in [-0.39, 0.29) is 23.2 Å². The molecule has 1 saturated heterocycles. The lowest BCUT2D eigenvalue weighted by atomic mass is 9.96. The Morgan fingerprint density at radius 1 is 1.41 bits per heavy atom. The van der Waals surface area contributed by atoms with Crippen molar-refractivity contribution in [3.8, 4) is 5.75 Å². The van der Waals surface area contributed by atoms with Gasteiger partial charge in [0.25, 0.3) is 0 Å². The molecule has 1 N–H and O–H groups in total. The zero-order valence-corrected chi connectivity index (χ0v) is 13.1. The molecule has 1 heterocycles. The van der Waals surface area contributed by atoms with Crippen molar-refractivity contribution >= 4 is 16.0 Å². The molecule has 2 atom stereocenters. The number of carboxylic acids is 1. The maximum Gasteiger partial charge on any atom is 0.307 e. The third-order valence-corrected chi connectivity index (χ3v) is 5.88. The summed E-state index contributed by atoms with van der Waals surface area (Å²) in [5, 5.41) is 9.11. The molecule has 6 nitrogen and oxygen atoms in total. The maximum absolute atomic E-state index is 13.4. The zero-order chi connectivity index (χ0) is 16.5. The highest BCUT2D eigenvalue weighted by Crippen LogP contribution is 2.30. The number of aliphatic carboxylic acids is 1. The Morgan fingerprint density at radius 2 is 2.09 bits per heavy atom. The lowest BCUT2D eigenvalue weighted by Gasteiger charge is -2.35. The van der Waals surface area contributed by atoms with E-state index in [4.69, 9.17) is 9.84 Å². The minimum absolute atomic E-state index is 0.0848. The van der Waals surface area contributed by atoms with Gasteiger partial charge in [0, 0.05) is 18.7 Å². The summed E-state index contributed by atoms with van der Waals surface area (Å²) in [6, 6.07) is 2.98. The van der Waals surface area contributed by atoms with E-state index in [2.05, 4.69) is 0 Å². The standard InChI is InChI=1S/C14H18FNO5S/c1-9-3-4-10(14(17)18)8-16(9)22(19,20)11-5-6-12(15)13(7-11)21-2/h5-7,9-10H,3-4,8H2,1-2H3,(H,17,18). The molecule has 0 aromatic heterocycles. The molecule has 22 heavy (non-hydrogen) atoms. The van der Waals surface area contributed by atoms with E-state index < -0.39 is 27.7 Å². The fraction of sp³-hybridized carbons (Fsp3) is 0.500. The van der Waals surface area contributed by atoms with Crippen LogP contribution in [0.15, 0.2) is 23.1 Å². The molecule has 1 aromatic carbocycles. The van der Waals surface area contributed by atoms with Crippen LogP contribution in [0.1, 0.15) is 19.8 Å². The number of ether oxygens (including phenoxy) is 1. The molecule has 0 aliphatic carbocycles. The van der Waals surface area contributed by atoms with Gasteiger partial charge in [-0.15, -0.1) is 0 Å². The molecule has 8 heteroatoms. The molecule has 0 amide bonds. The Labute approximate surface area is 128 Å². The van der Waals surface area contributed by atoms with Crippen LogP contribution >= 0.6 is 0 Å². The van der Waals surface area contributed by atoms with Gasteiger partial charge in [0.1, 0.15) is 0 Å². The monoisotopic (exact) mass is 331 g/mol. The Hall–Kier alpha value is -1.67. The van der Waals surface area contributed by atoms with Crippen LogP contribution in [0.25, 0.3) is 0 Å². The van der Waals surface area contributed by atoms with Crippen molar-refractivity contribution < 1.29 is 27.4 Å². The van der Waals surface area contributed by atoms with Crippen molar-refractivity contribution in [2.24, 2.45) is 5.92 Å². The van der Waals surface area contributed by atoms with Gasteiger partial charge in [0.15, 0.2) is 11.6 Å². The van der Waals surface area contributed by atoms with Crippen LogP contribution in [0.5, 0.6) is 5.75 Å². The molecule has 1 aliphatic rings. The fourth-order valence-corrected chi connectivity index (χ4v) is 4.27. The van der Waals surface area contributed by atoms with E-state index in [1.165, 1.54) is 11.4 Å². The van der Waals surface area contributed by atoms with Crippen LogP contribution in [-0.2, 0) is 14.8 Å². The highest BCUT2D eigenvalue weighted by molar-refractivity contribution is 7.89. The molecule has 0 radical (unpaired) electrons. The van der Waals surface area contributed by atoms with Crippen LogP contribution in [0.2, 0.25) is 0 Å². The summed E-state index contributed by atoms with van der Waals surface area (Å²) in [6.07, 6.45) is 0.907. The first-order chi connectivity index (χ1) is 10.3. The Morgan fingerprint density at radius 3 is 2.68 bits per heavy atom. The molecule has 122 valence electrons. The van der Waals surface area contributed by atoms with Crippen LogP contribution in [0.3, 0.4) is 0 Å². The second-order valence-electron chi connectivity index (χ2n) is 5.33. The topological polar surface area (TPSA) is 83.9 Å². The highest BCUT2D eigenvalue weighted by atomic mass is 32.2. The predicted molar refractivity (Wildman–Crippen MR) is 76.7 cm³/mol. The third-order valence-electron chi connectivity index (χ3n) is 3.90. The highest BCUT2D eigenvalue weighted by Gasteiger charge is 2.37. The van der Waals surface area contributed by atoms with Crippen molar-refractivity contribution in [1.82, 2.24) is 4.31 Å². The molecule has 0 bridgehead atoms. The molecular weight excluding hydrogens is 313 g/mol. The average Bonchev–Trinajstić information content (AvgIpc) is 2.47. The summed E-state index contributed by atoms with van der Waals surface area (Å²) in [7, 11) is -2.65. The number of piperidine rings is 1. The van der Waals surface area contributed by atoms with E-state index in [0.717, 1.165) is 18.2 Å². The minimum atomic E-state index is -3.90. The van der Waals surface area contributed by atoms with Crippen molar-refractivity contribution in [3.63, 3.8) is 0 Å². The van der Waals surface area contributed by atoms with Gasteiger partial charge in [-0.3, -0.25) is 4.79 Å². The summed E-state index contributed by atoms with van der Waals surface area (Å²) in [5.41, 5.74) is 0. The van der Waals surface area contributed by atoms with E-state index in [1.54, 1.807) is 6.92 Å². The maximum atomic E-state index is 13.4. The van der Waals surface area contributed by atoms with Gasteiger partial charge in [-0.2, -0.15) is 4.31 Å². The number of hydrogen-bond acceptors (Lipinski definition) is 4. The third kappa shape index (κ3) is 3.07. The van der Waals surface area contributed by atoms with Crippen molar-refractivity contribution in [2.45, 2.75) is 30.7 Å². The number of halogens is 1. The summed E-state index contributed by atoms with van der Waals surface area (Å²) in [5.74, 6) is -2.56. The molecular formula is C14H18FNO5S. The van der Waals surface area contributed by atoms with Crippen LogP contribution in [-0.4, -0.2) is 43.5 Å². The minimum Gasteiger partial charge on any atom is -0.494 e. The number of nitrogens with zero attached hydrogens (tertiary/aromatic N) is 1. The van der Waals surface area contributed by atoms with Crippen LogP contribution in [0, 0.1) is 11.7 Å². The average molecular weight is 331 g/mol. The number of methoxy groups -OCH3 is 1. The summed E-state index contributed by atoms with van der Waals surface area (Å²) in [6.45, 7) is 1.65. The van der Waals surface area contributed by atoms with Gasteiger partial charge < -0.3 is 9.84 Å². The van der Waals surface area contributed by atoms with Crippen molar-refractivity contribution in [1.29, 1.82) is 0 Å². The Kier molecular flexibility index (Phi) is 4.72. The first-order valence-corrected chi connectivity index (χ1v) is 8.29. The van der Waals surface area contributed by atoms with Gasteiger partial charge >= 0.3 is 5.97 Å². The number of carbonyl (C=O) groups is 1. The van der Waals surface area contributed by atoms with Crippen LogP contribution in [0.4, 0.5) is 4.39 Å². The first kappa shape index (κ1) is 16.7. The summed E-state index contributed by atoms with van der Waals surface area (Å²) >= 11 is 0. The molecule has 1 aliphatic heterocycles. The van der Waals surface area contributed by atoms with Gasteiger partial charge in [-0.1, -0.05) is 0 Å². The van der Waals surface area contributed by atoms with Gasteiger partial charge in [0.05, 0.1) is 17.9 Å².